The molecular formula is C24H22N4O7. The molecule has 0 spiro atoms. The molecule has 0 bridgehead atoms. The van der Waals surface area contributed by atoms with E-state index in [4.69, 9.17) is 9.47 Å². The van der Waals surface area contributed by atoms with E-state index in [1.165, 1.54) is 38.5 Å². The fraction of sp³-hybridized carbons (Fsp3) is 0.208. The number of allylic oxidation sites excluding steroid dienone is 1. The summed E-state index contributed by atoms with van der Waals surface area (Å²) in [7, 11) is 3.04. The molecule has 0 amide bonds. The number of hydrogen-bond donors (Lipinski definition) is 2. The molecule has 11 heteroatoms. The summed E-state index contributed by atoms with van der Waals surface area (Å²) in [5, 5.41) is 22.1. The van der Waals surface area contributed by atoms with Crippen LogP contribution in [0.3, 0.4) is 0 Å². The first-order valence-electron chi connectivity index (χ1n) is 10.6. The van der Waals surface area contributed by atoms with Gasteiger partial charge in [0.25, 0.3) is 11.2 Å². The lowest BCUT2D eigenvalue weighted by atomic mass is 10.0. The number of nitrogens with one attached hydrogen (secondary N) is 1. The number of hydrogen-bond acceptors (Lipinski definition) is 8. The third kappa shape index (κ3) is 4.43. The number of rotatable bonds is 7. The molecular weight excluding hydrogens is 456 g/mol. The van der Waals surface area contributed by atoms with Gasteiger partial charge in [-0.1, -0.05) is 6.07 Å². The molecule has 1 aromatic heterocycles. The lowest BCUT2D eigenvalue weighted by Crippen LogP contribution is -2.32. The van der Waals surface area contributed by atoms with Crippen molar-refractivity contribution in [3.8, 4) is 17.4 Å². The molecule has 11 nitrogen and oxygen atoms in total. The van der Waals surface area contributed by atoms with Crippen LogP contribution in [0, 0.1) is 10.1 Å². The van der Waals surface area contributed by atoms with Gasteiger partial charge >= 0.3 is 5.69 Å². The molecule has 0 unspecified atom stereocenters. The highest BCUT2D eigenvalue weighted by atomic mass is 16.6. The van der Waals surface area contributed by atoms with Crippen LogP contribution in [0.15, 0.2) is 51.0 Å². The van der Waals surface area contributed by atoms with Gasteiger partial charge < -0.3 is 14.6 Å². The Bertz CT molecular complexity index is 1520. The maximum atomic E-state index is 12.6. The smallest absolute Gasteiger partial charge is 0.331 e. The second-order valence-corrected chi connectivity index (χ2v) is 7.80. The quantitative estimate of drug-likeness (QED) is 0.391. The van der Waals surface area contributed by atoms with Gasteiger partial charge in [0.15, 0.2) is 11.5 Å². The van der Waals surface area contributed by atoms with Crippen molar-refractivity contribution in [1.82, 2.24) is 9.55 Å². The second-order valence-electron chi connectivity index (χ2n) is 7.80. The number of aliphatic imine (C=N–C) groups is 1. The van der Waals surface area contributed by atoms with Crippen molar-refractivity contribution >= 4 is 28.7 Å². The first-order valence-corrected chi connectivity index (χ1v) is 10.6. The van der Waals surface area contributed by atoms with E-state index >= 15 is 0 Å². The highest BCUT2D eigenvalue weighted by molar-refractivity contribution is 6.31. The van der Waals surface area contributed by atoms with E-state index in [1.807, 2.05) is 0 Å². The molecule has 0 atom stereocenters. The summed E-state index contributed by atoms with van der Waals surface area (Å²) >= 11 is 0. The molecule has 2 aromatic carbocycles. The number of aryl methyl sites for hydroxylation is 1. The van der Waals surface area contributed by atoms with Crippen molar-refractivity contribution in [2.45, 2.75) is 19.9 Å². The molecule has 0 fully saturated rings. The van der Waals surface area contributed by atoms with Crippen LogP contribution in [-0.2, 0) is 13.0 Å². The van der Waals surface area contributed by atoms with E-state index in [9.17, 15) is 24.8 Å². The summed E-state index contributed by atoms with van der Waals surface area (Å²) in [5.41, 5.74) is 0.920. The number of aromatic amines is 1. The van der Waals surface area contributed by atoms with Crippen molar-refractivity contribution in [2.75, 3.05) is 14.2 Å². The van der Waals surface area contributed by atoms with Crippen LogP contribution in [0.4, 0.5) is 11.4 Å². The van der Waals surface area contributed by atoms with Crippen LogP contribution in [0.2, 0.25) is 0 Å². The normalized spacial score (nSPS) is 13.5. The molecule has 2 N–H and O–H groups in total. The summed E-state index contributed by atoms with van der Waals surface area (Å²) in [6.07, 6.45) is 1.74. The Balaban J connectivity index is 1.72. The van der Waals surface area contributed by atoms with Gasteiger partial charge in [0, 0.05) is 35.5 Å². The van der Waals surface area contributed by atoms with Crippen molar-refractivity contribution in [2.24, 2.45) is 4.99 Å². The Morgan fingerprint density at radius 2 is 1.89 bits per heavy atom. The number of H-pyrrole nitrogens is 1. The van der Waals surface area contributed by atoms with Crippen molar-refractivity contribution in [3.63, 3.8) is 0 Å². The van der Waals surface area contributed by atoms with Crippen molar-refractivity contribution in [1.29, 1.82) is 0 Å². The summed E-state index contributed by atoms with van der Waals surface area (Å²) in [4.78, 5) is 42.3. The van der Waals surface area contributed by atoms with Gasteiger partial charge in [-0.25, -0.2) is 4.79 Å². The molecule has 1 aliphatic rings. The van der Waals surface area contributed by atoms with E-state index in [0.29, 0.717) is 40.5 Å². The SMILES string of the molecule is COc1ccc(CCn2c(O)c(C=C3C(C)=Nc4ccc([N+](=O)[O-])cc43)c(=O)[nH]c2=O)cc1OC. The van der Waals surface area contributed by atoms with Crippen LogP contribution in [0.1, 0.15) is 23.6 Å². The molecule has 0 aliphatic carbocycles. The summed E-state index contributed by atoms with van der Waals surface area (Å²) < 4.78 is 11.6. The highest BCUT2D eigenvalue weighted by Crippen LogP contribution is 2.38. The van der Waals surface area contributed by atoms with E-state index < -0.39 is 22.1 Å². The number of ether oxygens (including phenoxy) is 2. The topological polar surface area (TPSA) is 149 Å². The minimum Gasteiger partial charge on any atom is -0.494 e. The van der Waals surface area contributed by atoms with E-state index in [0.717, 1.165) is 10.1 Å². The zero-order chi connectivity index (χ0) is 25.3. The van der Waals surface area contributed by atoms with Crippen LogP contribution in [-0.4, -0.2) is 39.5 Å². The first kappa shape index (κ1) is 23.5. The third-order valence-electron chi connectivity index (χ3n) is 5.73. The summed E-state index contributed by atoms with van der Waals surface area (Å²) in [5.74, 6) is 0.568. The van der Waals surface area contributed by atoms with Crippen LogP contribution < -0.4 is 20.7 Å². The Labute approximate surface area is 198 Å². The number of non-ortho nitro benzene ring substituents is 1. The van der Waals surface area contributed by atoms with Gasteiger partial charge in [0.2, 0.25) is 5.88 Å². The predicted octanol–water partition coefficient (Wildman–Crippen LogP) is 3.06. The van der Waals surface area contributed by atoms with Crippen molar-refractivity contribution in [3.05, 3.63) is 84.0 Å². The molecule has 180 valence electrons. The standard InChI is InChI=1S/C24H22N4O7/c1-13-16(17-11-15(28(32)33)5-6-19(17)25-13)12-18-22(29)26-24(31)27(23(18)30)9-8-14-4-7-20(34-2)21(10-14)35-3/h4-7,10-12,30H,8-9H2,1-3H3,(H,26,29,31). The van der Waals surface area contributed by atoms with E-state index in [2.05, 4.69) is 9.98 Å². The molecule has 1 aliphatic heterocycles. The Hall–Kier alpha value is -4.67. The second kappa shape index (κ2) is 9.29. The average molecular weight is 478 g/mol. The lowest BCUT2D eigenvalue weighted by molar-refractivity contribution is -0.384. The monoisotopic (exact) mass is 478 g/mol. The number of fused-ring (bicyclic) bond motifs is 1. The van der Waals surface area contributed by atoms with Crippen LogP contribution in [0.25, 0.3) is 11.6 Å². The Morgan fingerprint density at radius 3 is 2.57 bits per heavy atom. The molecule has 0 saturated carbocycles. The lowest BCUT2D eigenvalue weighted by Gasteiger charge is -2.12. The molecule has 3 aromatic rings. The molecule has 0 saturated heterocycles. The summed E-state index contributed by atoms with van der Waals surface area (Å²) in [6.45, 7) is 1.76. The average Bonchev–Trinajstić information content (AvgIpc) is 3.15. The minimum atomic E-state index is -0.783. The van der Waals surface area contributed by atoms with Gasteiger partial charge in [0.05, 0.1) is 24.8 Å². The van der Waals surface area contributed by atoms with E-state index in [-0.39, 0.29) is 17.8 Å². The minimum absolute atomic E-state index is 0.0717. The Kier molecular flexibility index (Phi) is 6.24. The molecule has 2 heterocycles. The molecule has 4 rings (SSSR count). The number of nitro benzene ring substituents is 1. The number of methoxy groups -OCH3 is 2. The number of nitro groups is 1. The number of nitrogens with zero attached hydrogens (tertiary/aromatic N) is 3. The van der Waals surface area contributed by atoms with Gasteiger partial charge in [-0.2, -0.15) is 0 Å². The highest BCUT2D eigenvalue weighted by Gasteiger charge is 2.23. The Morgan fingerprint density at radius 1 is 1.14 bits per heavy atom. The van der Waals surface area contributed by atoms with Crippen LogP contribution in [0.5, 0.6) is 17.4 Å². The van der Waals surface area contributed by atoms with E-state index in [1.54, 1.807) is 25.1 Å². The third-order valence-corrected chi connectivity index (χ3v) is 5.73. The first-order chi connectivity index (χ1) is 16.7. The number of aromatic nitrogens is 2. The van der Waals surface area contributed by atoms with Gasteiger partial charge in [-0.05, 0) is 43.2 Å². The molecule has 0 radical (unpaired) electrons. The number of aromatic hydroxyl groups is 1. The van der Waals surface area contributed by atoms with Crippen LogP contribution >= 0.6 is 0 Å². The maximum Gasteiger partial charge on any atom is 0.331 e. The fourth-order valence-corrected chi connectivity index (χ4v) is 3.90. The van der Waals surface area contributed by atoms with Gasteiger partial charge in [0.1, 0.15) is 5.56 Å². The van der Waals surface area contributed by atoms with Gasteiger partial charge in [-0.3, -0.25) is 29.5 Å². The summed E-state index contributed by atoms with van der Waals surface area (Å²) in [6, 6.07) is 9.53. The number of benzene rings is 2. The zero-order valence-electron chi connectivity index (χ0n) is 19.2. The predicted molar refractivity (Wildman–Crippen MR) is 130 cm³/mol. The van der Waals surface area contributed by atoms with Gasteiger partial charge in [-0.15, -0.1) is 0 Å². The van der Waals surface area contributed by atoms with Crippen molar-refractivity contribution < 1.29 is 19.5 Å². The zero-order valence-corrected chi connectivity index (χ0v) is 19.2. The largest absolute Gasteiger partial charge is 0.494 e. The maximum absolute atomic E-state index is 12.6. The fourth-order valence-electron chi connectivity index (χ4n) is 3.90. The molecule has 35 heavy (non-hydrogen) atoms.